The van der Waals surface area contributed by atoms with Gasteiger partial charge in [0.1, 0.15) is 5.69 Å². The first-order valence-corrected chi connectivity index (χ1v) is 4.21. The molecule has 4 nitrogen and oxygen atoms in total. The fraction of sp³-hybridized carbons (Fsp3) is 0. The molecule has 0 amide bonds. The van der Waals surface area contributed by atoms with Crippen molar-refractivity contribution in [3.05, 3.63) is 53.8 Å². The average Bonchev–Trinajstić information content (AvgIpc) is 2.72. The highest BCUT2D eigenvalue weighted by molar-refractivity contribution is 5.73. The molecule has 0 fully saturated rings. The van der Waals surface area contributed by atoms with Crippen LogP contribution in [0.25, 0.3) is 0 Å². The number of para-hydroxylation sites is 1. The van der Waals surface area contributed by atoms with E-state index < -0.39 is 0 Å². The van der Waals surface area contributed by atoms with Crippen LogP contribution in [0.4, 0.5) is 5.69 Å². The maximum absolute atomic E-state index is 11.5. The molecule has 0 radical (unpaired) electrons. The van der Waals surface area contributed by atoms with Crippen LogP contribution < -0.4 is 0 Å². The monoisotopic (exact) mass is 187 g/mol. The van der Waals surface area contributed by atoms with Crippen LogP contribution in [0.2, 0.25) is 0 Å². The van der Waals surface area contributed by atoms with E-state index in [9.17, 15) is 5.21 Å². The van der Waals surface area contributed by atoms with E-state index in [-0.39, 0.29) is 0 Å². The van der Waals surface area contributed by atoms with Crippen molar-refractivity contribution in [3.63, 3.8) is 0 Å². The average molecular weight is 187 g/mol. The molecule has 0 aliphatic heterocycles. The molecule has 1 N–H and O–H groups in total. The van der Waals surface area contributed by atoms with Gasteiger partial charge in [-0.05, 0) is 0 Å². The summed E-state index contributed by atoms with van der Waals surface area (Å²) >= 11 is 0. The zero-order valence-corrected chi connectivity index (χ0v) is 7.42. The number of nitrogens with zero attached hydrogens (tertiary/aromatic N) is 2. The number of H-pyrrole nitrogens is 1. The molecule has 0 spiro atoms. The second-order valence-electron chi connectivity index (χ2n) is 2.78. The van der Waals surface area contributed by atoms with Crippen molar-refractivity contribution in [2.75, 3.05) is 0 Å². The summed E-state index contributed by atoms with van der Waals surface area (Å²) in [6.45, 7) is 0. The lowest BCUT2D eigenvalue weighted by atomic mass is 10.3. The van der Waals surface area contributed by atoms with Gasteiger partial charge in [-0.2, -0.15) is 4.74 Å². The fourth-order valence-electron chi connectivity index (χ4n) is 1.11. The Morgan fingerprint density at radius 2 is 2.07 bits per heavy atom. The zero-order valence-electron chi connectivity index (χ0n) is 7.42. The summed E-state index contributed by atoms with van der Waals surface area (Å²) in [5.74, 6) is 0. The SMILES string of the molecule is [O-][N+](=Cc1c[nH]cn1)c1ccccc1. The third-order valence-corrected chi connectivity index (χ3v) is 1.78. The molecule has 70 valence electrons. The number of rotatable bonds is 2. The molecule has 0 aliphatic rings. The van der Waals surface area contributed by atoms with E-state index in [4.69, 9.17) is 0 Å². The molecule has 0 saturated carbocycles. The van der Waals surface area contributed by atoms with Crippen molar-refractivity contribution in [1.82, 2.24) is 9.97 Å². The van der Waals surface area contributed by atoms with Gasteiger partial charge in [-0.15, -0.1) is 0 Å². The van der Waals surface area contributed by atoms with Gasteiger partial charge in [0.15, 0.2) is 0 Å². The van der Waals surface area contributed by atoms with Crippen molar-refractivity contribution < 1.29 is 4.74 Å². The molecule has 0 atom stereocenters. The summed E-state index contributed by atoms with van der Waals surface area (Å²) in [5, 5.41) is 11.5. The minimum Gasteiger partial charge on any atom is -0.618 e. The largest absolute Gasteiger partial charge is 0.618 e. The van der Waals surface area contributed by atoms with Gasteiger partial charge in [0.05, 0.1) is 6.33 Å². The van der Waals surface area contributed by atoms with Crippen molar-refractivity contribution in [1.29, 1.82) is 0 Å². The second kappa shape index (κ2) is 3.74. The van der Waals surface area contributed by atoms with Gasteiger partial charge in [-0.3, -0.25) is 0 Å². The summed E-state index contributed by atoms with van der Waals surface area (Å²) in [6, 6.07) is 9.00. The van der Waals surface area contributed by atoms with Gasteiger partial charge < -0.3 is 10.2 Å². The van der Waals surface area contributed by atoms with Crippen LogP contribution in [0.1, 0.15) is 5.69 Å². The van der Waals surface area contributed by atoms with Crippen LogP contribution in [-0.4, -0.2) is 20.9 Å². The predicted octanol–water partition coefficient (Wildman–Crippen LogP) is 1.67. The highest BCUT2D eigenvalue weighted by Crippen LogP contribution is 2.08. The standard InChI is InChI=1S/C10H9N3O/c14-13(7-9-6-11-8-12-9)10-4-2-1-3-5-10/h1-8H,(H,11,12). The number of hydrogen-bond acceptors (Lipinski definition) is 2. The van der Waals surface area contributed by atoms with Gasteiger partial charge in [0.25, 0.3) is 0 Å². The van der Waals surface area contributed by atoms with Gasteiger partial charge >= 0.3 is 0 Å². The number of benzene rings is 1. The molecule has 4 heteroatoms. The van der Waals surface area contributed by atoms with E-state index in [1.165, 1.54) is 12.5 Å². The molecular formula is C10H9N3O. The Hall–Kier alpha value is -2.10. The molecule has 0 saturated heterocycles. The first kappa shape index (κ1) is 8.50. The minimum atomic E-state index is 0.593. The van der Waals surface area contributed by atoms with E-state index in [0.717, 1.165) is 4.74 Å². The smallest absolute Gasteiger partial charge is 0.216 e. The number of aromatic amines is 1. The van der Waals surface area contributed by atoms with Crippen LogP contribution in [0, 0.1) is 5.21 Å². The lowest BCUT2D eigenvalue weighted by Gasteiger charge is -2.00. The number of nitrogens with one attached hydrogen (secondary N) is 1. The maximum Gasteiger partial charge on any atom is 0.216 e. The molecule has 1 aromatic carbocycles. The Balaban J connectivity index is 2.29. The lowest BCUT2D eigenvalue weighted by Crippen LogP contribution is -1.98. The summed E-state index contributed by atoms with van der Waals surface area (Å²) in [5.41, 5.74) is 1.21. The topological polar surface area (TPSA) is 54.8 Å². The second-order valence-corrected chi connectivity index (χ2v) is 2.78. The van der Waals surface area contributed by atoms with Gasteiger partial charge in [-0.25, -0.2) is 4.98 Å². The molecule has 0 bridgehead atoms. The molecule has 1 aromatic heterocycles. The first-order chi connectivity index (χ1) is 6.86. The summed E-state index contributed by atoms with van der Waals surface area (Å²) < 4.78 is 0.788. The molecular weight excluding hydrogens is 178 g/mol. The van der Waals surface area contributed by atoms with Gasteiger partial charge in [0, 0.05) is 18.3 Å². The van der Waals surface area contributed by atoms with E-state index in [1.54, 1.807) is 18.3 Å². The van der Waals surface area contributed by atoms with Crippen LogP contribution in [0.5, 0.6) is 0 Å². The Labute approximate surface area is 81.1 Å². The van der Waals surface area contributed by atoms with Crippen LogP contribution in [0.15, 0.2) is 42.9 Å². The van der Waals surface area contributed by atoms with Gasteiger partial charge in [0.2, 0.25) is 11.9 Å². The molecule has 2 aromatic rings. The third-order valence-electron chi connectivity index (χ3n) is 1.78. The normalized spacial score (nSPS) is 11.6. The molecule has 0 aliphatic carbocycles. The number of imidazole rings is 1. The summed E-state index contributed by atoms with van der Waals surface area (Å²) in [6.07, 6.45) is 4.62. The Morgan fingerprint density at radius 1 is 1.29 bits per heavy atom. The van der Waals surface area contributed by atoms with Crippen molar-refractivity contribution in [2.45, 2.75) is 0 Å². The Bertz CT molecular complexity index is 420. The summed E-state index contributed by atoms with van der Waals surface area (Å²) in [4.78, 5) is 6.71. The number of aromatic nitrogens is 2. The van der Waals surface area contributed by atoms with Crippen molar-refractivity contribution >= 4 is 11.9 Å². The zero-order chi connectivity index (χ0) is 9.80. The van der Waals surface area contributed by atoms with Crippen molar-refractivity contribution in [2.24, 2.45) is 0 Å². The maximum atomic E-state index is 11.5. The summed E-state index contributed by atoms with van der Waals surface area (Å²) in [7, 11) is 0. The van der Waals surface area contributed by atoms with E-state index in [2.05, 4.69) is 9.97 Å². The Kier molecular flexibility index (Phi) is 2.27. The Morgan fingerprint density at radius 3 is 2.71 bits per heavy atom. The fourth-order valence-corrected chi connectivity index (χ4v) is 1.11. The molecule has 0 unspecified atom stereocenters. The highest BCUT2D eigenvalue weighted by atomic mass is 16.5. The quantitative estimate of drug-likeness (QED) is 0.336. The van der Waals surface area contributed by atoms with Crippen LogP contribution in [-0.2, 0) is 0 Å². The van der Waals surface area contributed by atoms with Crippen molar-refractivity contribution in [3.8, 4) is 0 Å². The highest BCUT2D eigenvalue weighted by Gasteiger charge is 2.00. The van der Waals surface area contributed by atoms with Crippen LogP contribution in [0.3, 0.4) is 0 Å². The first-order valence-electron chi connectivity index (χ1n) is 4.21. The number of hydrogen-bond donors (Lipinski definition) is 1. The third kappa shape index (κ3) is 1.80. The molecule has 2 rings (SSSR count). The minimum absolute atomic E-state index is 0.593. The van der Waals surface area contributed by atoms with E-state index in [1.807, 2.05) is 18.2 Å². The van der Waals surface area contributed by atoms with Crippen LogP contribution >= 0.6 is 0 Å². The molecule has 1 heterocycles. The van der Waals surface area contributed by atoms with E-state index >= 15 is 0 Å². The van der Waals surface area contributed by atoms with E-state index in [0.29, 0.717) is 11.4 Å². The lowest BCUT2D eigenvalue weighted by molar-refractivity contribution is -0.354. The van der Waals surface area contributed by atoms with Gasteiger partial charge in [-0.1, -0.05) is 18.2 Å². The predicted molar refractivity (Wildman–Crippen MR) is 53.5 cm³/mol. The molecule has 14 heavy (non-hydrogen) atoms.